The maximum atomic E-state index is 8.90. The van der Waals surface area contributed by atoms with Gasteiger partial charge < -0.3 is 15.2 Å². The topological polar surface area (TPSA) is 41.5 Å². The van der Waals surface area contributed by atoms with Gasteiger partial charge in [-0.15, -0.1) is 12.4 Å². The largest absolute Gasteiger partial charge is 0.394 e. The van der Waals surface area contributed by atoms with Crippen LogP contribution in [0.2, 0.25) is 0 Å². The Morgan fingerprint density at radius 2 is 2.25 bits per heavy atom. The van der Waals surface area contributed by atoms with E-state index in [0.717, 1.165) is 25.9 Å². The summed E-state index contributed by atoms with van der Waals surface area (Å²) in [6.45, 7) is 2.13. The highest BCUT2D eigenvalue weighted by molar-refractivity contribution is 5.85. The lowest BCUT2D eigenvalue weighted by Gasteiger charge is -2.47. The molecule has 12 heavy (non-hydrogen) atoms. The predicted molar refractivity (Wildman–Crippen MR) is 48.7 cm³/mol. The first-order chi connectivity index (χ1) is 5.35. The molecule has 0 amide bonds. The SMILES string of the molecule is Cl.OCC1CCCC2(CNC2)O1. The molecule has 2 saturated heterocycles. The minimum atomic E-state index is 0. The van der Waals surface area contributed by atoms with Gasteiger partial charge in [0.05, 0.1) is 18.3 Å². The van der Waals surface area contributed by atoms with Gasteiger partial charge in [0.15, 0.2) is 0 Å². The van der Waals surface area contributed by atoms with Crippen LogP contribution in [0, 0.1) is 0 Å². The molecule has 2 N–H and O–H groups in total. The van der Waals surface area contributed by atoms with Crippen LogP contribution < -0.4 is 5.32 Å². The van der Waals surface area contributed by atoms with Crippen LogP contribution in [0.1, 0.15) is 19.3 Å². The van der Waals surface area contributed by atoms with Gasteiger partial charge >= 0.3 is 0 Å². The lowest BCUT2D eigenvalue weighted by Crippen LogP contribution is -2.63. The maximum absolute atomic E-state index is 8.90. The lowest BCUT2D eigenvalue weighted by atomic mass is 9.86. The summed E-state index contributed by atoms with van der Waals surface area (Å²) in [7, 11) is 0. The Hall–Kier alpha value is 0.170. The molecule has 1 spiro atoms. The van der Waals surface area contributed by atoms with E-state index in [-0.39, 0.29) is 30.7 Å². The molecular weight excluding hydrogens is 178 g/mol. The Morgan fingerprint density at radius 3 is 2.75 bits per heavy atom. The fourth-order valence-electron chi connectivity index (χ4n) is 1.92. The number of hydrogen-bond acceptors (Lipinski definition) is 3. The van der Waals surface area contributed by atoms with Crippen molar-refractivity contribution in [1.82, 2.24) is 5.32 Å². The third-order valence-corrected chi connectivity index (χ3v) is 2.67. The molecule has 1 atom stereocenters. The van der Waals surface area contributed by atoms with E-state index in [9.17, 15) is 0 Å². The second-order valence-electron chi connectivity index (χ2n) is 3.60. The molecule has 0 bridgehead atoms. The van der Waals surface area contributed by atoms with Gasteiger partial charge in [0.2, 0.25) is 0 Å². The van der Waals surface area contributed by atoms with Gasteiger partial charge in [-0.3, -0.25) is 0 Å². The number of nitrogens with one attached hydrogen (secondary N) is 1. The highest BCUT2D eigenvalue weighted by atomic mass is 35.5. The van der Waals surface area contributed by atoms with Crippen LogP contribution >= 0.6 is 12.4 Å². The summed E-state index contributed by atoms with van der Waals surface area (Å²) in [6, 6.07) is 0. The Balaban J connectivity index is 0.000000720. The number of halogens is 1. The monoisotopic (exact) mass is 193 g/mol. The number of aliphatic hydroxyl groups excluding tert-OH is 1. The van der Waals surface area contributed by atoms with Crippen LogP contribution in [-0.4, -0.2) is 36.5 Å². The average molecular weight is 194 g/mol. The molecular formula is C8H16ClNO2. The Morgan fingerprint density at radius 1 is 1.50 bits per heavy atom. The summed E-state index contributed by atoms with van der Waals surface area (Å²) in [5, 5.41) is 12.1. The number of rotatable bonds is 1. The second-order valence-corrected chi connectivity index (χ2v) is 3.60. The van der Waals surface area contributed by atoms with Crippen molar-refractivity contribution in [3.05, 3.63) is 0 Å². The average Bonchev–Trinajstić information content (AvgIpc) is 2.02. The normalized spacial score (nSPS) is 32.2. The van der Waals surface area contributed by atoms with Crippen LogP contribution in [0.5, 0.6) is 0 Å². The molecule has 0 aromatic carbocycles. The van der Waals surface area contributed by atoms with Gasteiger partial charge in [0.1, 0.15) is 0 Å². The number of hydrogen-bond donors (Lipinski definition) is 2. The molecule has 2 rings (SSSR count). The maximum Gasteiger partial charge on any atom is 0.0934 e. The third-order valence-electron chi connectivity index (χ3n) is 2.67. The standard InChI is InChI=1S/C8H15NO2.ClH/c10-4-7-2-1-3-8(11-7)5-9-6-8;/h7,9-10H,1-6H2;1H. The Labute approximate surface area is 78.9 Å². The zero-order valence-corrected chi connectivity index (χ0v) is 7.90. The van der Waals surface area contributed by atoms with Gasteiger partial charge in [0, 0.05) is 13.1 Å². The van der Waals surface area contributed by atoms with E-state index in [0.29, 0.717) is 0 Å². The van der Waals surface area contributed by atoms with Gasteiger partial charge in [-0.05, 0) is 19.3 Å². The second kappa shape index (κ2) is 3.92. The molecule has 0 radical (unpaired) electrons. The van der Waals surface area contributed by atoms with E-state index in [2.05, 4.69) is 5.32 Å². The van der Waals surface area contributed by atoms with Crippen molar-refractivity contribution >= 4 is 12.4 Å². The smallest absolute Gasteiger partial charge is 0.0934 e. The minimum absolute atomic E-state index is 0. The summed E-state index contributed by atoms with van der Waals surface area (Å²) in [4.78, 5) is 0. The van der Waals surface area contributed by atoms with Crippen molar-refractivity contribution in [2.24, 2.45) is 0 Å². The zero-order valence-electron chi connectivity index (χ0n) is 7.08. The summed E-state index contributed by atoms with van der Waals surface area (Å²) in [6.07, 6.45) is 3.49. The summed E-state index contributed by atoms with van der Waals surface area (Å²) >= 11 is 0. The van der Waals surface area contributed by atoms with Crippen LogP contribution in [0.3, 0.4) is 0 Å². The molecule has 1 unspecified atom stereocenters. The fourth-order valence-corrected chi connectivity index (χ4v) is 1.92. The zero-order chi connectivity index (χ0) is 7.73. The van der Waals surface area contributed by atoms with Crippen molar-refractivity contribution in [1.29, 1.82) is 0 Å². The van der Waals surface area contributed by atoms with Gasteiger partial charge in [-0.1, -0.05) is 0 Å². The molecule has 0 aromatic heterocycles. The Kier molecular flexibility index (Phi) is 3.35. The molecule has 4 heteroatoms. The van der Waals surface area contributed by atoms with Crippen molar-refractivity contribution < 1.29 is 9.84 Å². The third kappa shape index (κ3) is 1.74. The van der Waals surface area contributed by atoms with Gasteiger partial charge in [-0.25, -0.2) is 0 Å². The first-order valence-electron chi connectivity index (χ1n) is 4.34. The highest BCUT2D eigenvalue weighted by Crippen LogP contribution is 2.31. The van der Waals surface area contributed by atoms with E-state index < -0.39 is 0 Å². The molecule has 2 fully saturated rings. The first-order valence-corrected chi connectivity index (χ1v) is 4.34. The van der Waals surface area contributed by atoms with Crippen LogP contribution in [0.15, 0.2) is 0 Å². The van der Waals surface area contributed by atoms with Crippen molar-refractivity contribution in [3.63, 3.8) is 0 Å². The van der Waals surface area contributed by atoms with Crippen LogP contribution in [0.4, 0.5) is 0 Å². The Bertz CT molecular complexity index is 150. The molecule has 0 aliphatic carbocycles. The van der Waals surface area contributed by atoms with Crippen molar-refractivity contribution in [3.8, 4) is 0 Å². The van der Waals surface area contributed by atoms with Crippen molar-refractivity contribution in [2.45, 2.75) is 31.0 Å². The van der Waals surface area contributed by atoms with Gasteiger partial charge in [-0.2, -0.15) is 0 Å². The van der Waals surface area contributed by atoms with E-state index in [1.54, 1.807) is 0 Å². The molecule has 0 aromatic rings. The summed E-state index contributed by atoms with van der Waals surface area (Å²) in [5.41, 5.74) is 0.103. The van der Waals surface area contributed by atoms with Crippen LogP contribution in [-0.2, 0) is 4.74 Å². The van der Waals surface area contributed by atoms with Gasteiger partial charge in [0.25, 0.3) is 0 Å². The molecule has 2 aliphatic heterocycles. The lowest BCUT2D eigenvalue weighted by molar-refractivity contribution is -0.164. The highest BCUT2D eigenvalue weighted by Gasteiger charge is 2.41. The predicted octanol–water partition coefficient (Wildman–Crippen LogP) is 0.312. The van der Waals surface area contributed by atoms with E-state index in [1.807, 2.05) is 0 Å². The minimum Gasteiger partial charge on any atom is -0.394 e. The molecule has 2 aliphatic rings. The quantitative estimate of drug-likeness (QED) is 0.630. The number of ether oxygens (including phenoxy) is 1. The van der Waals surface area contributed by atoms with E-state index in [4.69, 9.17) is 9.84 Å². The fraction of sp³-hybridized carbons (Fsp3) is 1.00. The van der Waals surface area contributed by atoms with Crippen molar-refractivity contribution in [2.75, 3.05) is 19.7 Å². The molecule has 0 saturated carbocycles. The first kappa shape index (κ1) is 10.3. The number of aliphatic hydroxyl groups is 1. The molecule has 2 heterocycles. The molecule has 72 valence electrons. The van der Waals surface area contributed by atoms with E-state index >= 15 is 0 Å². The molecule has 3 nitrogen and oxygen atoms in total. The van der Waals surface area contributed by atoms with E-state index in [1.165, 1.54) is 6.42 Å². The van der Waals surface area contributed by atoms with Crippen LogP contribution in [0.25, 0.3) is 0 Å². The summed E-state index contributed by atoms with van der Waals surface area (Å²) in [5.74, 6) is 0. The summed E-state index contributed by atoms with van der Waals surface area (Å²) < 4.78 is 5.75.